The monoisotopic (exact) mass is 332 g/mol. The molecule has 0 spiro atoms. The fraction of sp³-hybridized carbons (Fsp3) is 0.737. The van der Waals surface area contributed by atoms with Crippen LogP contribution in [0.4, 0.5) is 0 Å². The fourth-order valence-corrected chi connectivity index (χ4v) is 4.55. The lowest BCUT2D eigenvalue weighted by atomic mass is 9.72. The van der Waals surface area contributed by atoms with Gasteiger partial charge < -0.3 is 14.2 Å². The van der Waals surface area contributed by atoms with Gasteiger partial charge in [-0.3, -0.25) is 4.90 Å². The SMILES string of the molecule is c1ccc(OC[C@@]23CCCO[C@H]2CCN(C2CCOCC2)C3)nc1. The van der Waals surface area contributed by atoms with Crippen LogP contribution in [0.2, 0.25) is 0 Å². The summed E-state index contributed by atoms with van der Waals surface area (Å²) in [6.45, 7) is 5.62. The lowest BCUT2D eigenvalue weighted by molar-refractivity contribution is -0.149. The molecule has 132 valence electrons. The molecular formula is C19H28N2O3. The first kappa shape index (κ1) is 16.3. The molecule has 0 amide bonds. The molecule has 3 saturated heterocycles. The Balaban J connectivity index is 1.47. The maximum absolute atomic E-state index is 6.16. The number of rotatable bonds is 4. The zero-order valence-electron chi connectivity index (χ0n) is 14.4. The van der Waals surface area contributed by atoms with Gasteiger partial charge in [-0.2, -0.15) is 0 Å². The van der Waals surface area contributed by atoms with E-state index in [1.54, 1.807) is 6.20 Å². The molecule has 0 bridgehead atoms. The molecule has 5 nitrogen and oxygen atoms in total. The van der Waals surface area contributed by atoms with Gasteiger partial charge in [-0.15, -0.1) is 0 Å². The molecule has 24 heavy (non-hydrogen) atoms. The third-order valence-corrected chi connectivity index (χ3v) is 5.87. The third-order valence-electron chi connectivity index (χ3n) is 5.87. The number of piperidine rings is 1. The van der Waals surface area contributed by atoms with Crippen LogP contribution in [0.1, 0.15) is 32.1 Å². The van der Waals surface area contributed by atoms with Crippen LogP contribution < -0.4 is 4.74 Å². The summed E-state index contributed by atoms with van der Waals surface area (Å²) in [4.78, 5) is 6.99. The van der Waals surface area contributed by atoms with Crippen molar-refractivity contribution < 1.29 is 14.2 Å². The van der Waals surface area contributed by atoms with Crippen LogP contribution in [0.3, 0.4) is 0 Å². The first-order chi connectivity index (χ1) is 11.9. The lowest BCUT2D eigenvalue weighted by Crippen LogP contribution is -2.59. The molecule has 0 aliphatic carbocycles. The summed E-state index contributed by atoms with van der Waals surface area (Å²) in [6, 6.07) is 6.50. The van der Waals surface area contributed by atoms with Crippen molar-refractivity contribution >= 4 is 0 Å². The van der Waals surface area contributed by atoms with Gasteiger partial charge >= 0.3 is 0 Å². The second kappa shape index (κ2) is 7.38. The van der Waals surface area contributed by atoms with Gasteiger partial charge in [0.1, 0.15) is 0 Å². The van der Waals surface area contributed by atoms with E-state index in [0.29, 0.717) is 18.8 Å². The van der Waals surface area contributed by atoms with E-state index in [1.807, 2.05) is 18.2 Å². The van der Waals surface area contributed by atoms with Gasteiger partial charge in [0.05, 0.1) is 12.7 Å². The van der Waals surface area contributed by atoms with E-state index >= 15 is 0 Å². The van der Waals surface area contributed by atoms with Crippen molar-refractivity contribution in [3.8, 4) is 5.88 Å². The number of likely N-dealkylation sites (tertiary alicyclic amines) is 1. The van der Waals surface area contributed by atoms with Crippen molar-refractivity contribution in [2.24, 2.45) is 5.41 Å². The Bertz CT molecular complexity index is 521. The third kappa shape index (κ3) is 3.44. The fourth-order valence-electron chi connectivity index (χ4n) is 4.55. The first-order valence-corrected chi connectivity index (χ1v) is 9.33. The van der Waals surface area contributed by atoms with Gasteiger partial charge in [-0.1, -0.05) is 6.07 Å². The Kier molecular flexibility index (Phi) is 5.01. The molecule has 4 heterocycles. The van der Waals surface area contributed by atoms with Crippen molar-refractivity contribution in [3.63, 3.8) is 0 Å². The maximum Gasteiger partial charge on any atom is 0.213 e. The number of hydrogen-bond acceptors (Lipinski definition) is 5. The van der Waals surface area contributed by atoms with Crippen molar-refractivity contribution in [1.82, 2.24) is 9.88 Å². The van der Waals surface area contributed by atoms with Crippen LogP contribution in [0.5, 0.6) is 5.88 Å². The molecule has 5 heteroatoms. The molecule has 0 unspecified atom stereocenters. The van der Waals surface area contributed by atoms with Gasteiger partial charge in [0.2, 0.25) is 5.88 Å². The molecule has 0 aromatic carbocycles. The smallest absolute Gasteiger partial charge is 0.213 e. The predicted octanol–water partition coefficient (Wildman–Crippen LogP) is 2.51. The van der Waals surface area contributed by atoms with Gasteiger partial charge in [0.15, 0.2) is 0 Å². The highest BCUT2D eigenvalue weighted by Gasteiger charge is 2.47. The Morgan fingerprint density at radius 3 is 2.96 bits per heavy atom. The minimum Gasteiger partial charge on any atom is -0.477 e. The highest BCUT2D eigenvalue weighted by atomic mass is 16.5. The zero-order valence-corrected chi connectivity index (χ0v) is 14.4. The van der Waals surface area contributed by atoms with E-state index < -0.39 is 0 Å². The van der Waals surface area contributed by atoms with Crippen LogP contribution in [-0.2, 0) is 9.47 Å². The molecule has 4 rings (SSSR count). The summed E-state index contributed by atoms with van der Waals surface area (Å²) in [7, 11) is 0. The van der Waals surface area contributed by atoms with E-state index in [1.165, 1.54) is 6.42 Å². The van der Waals surface area contributed by atoms with E-state index in [9.17, 15) is 0 Å². The second-order valence-corrected chi connectivity index (χ2v) is 7.38. The van der Waals surface area contributed by atoms with Crippen molar-refractivity contribution in [3.05, 3.63) is 24.4 Å². The van der Waals surface area contributed by atoms with Gasteiger partial charge in [-0.25, -0.2) is 4.98 Å². The van der Waals surface area contributed by atoms with Gasteiger partial charge in [0.25, 0.3) is 0 Å². The predicted molar refractivity (Wildman–Crippen MR) is 91.2 cm³/mol. The Labute approximate surface area is 144 Å². The summed E-state index contributed by atoms with van der Waals surface area (Å²) >= 11 is 0. The Morgan fingerprint density at radius 2 is 2.12 bits per heavy atom. The minimum atomic E-state index is 0.103. The second-order valence-electron chi connectivity index (χ2n) is 7.38. The highest BCUT2D eigenvalue weighted by Crippen LogP contribution is 2.41. The largest absolute Gasteiger partial charge is 0.477 e. The molecule has 3 fully saturated rings. The molecule has 1 aromatic heterocycles. The molecule has 0 radical (unpaired) electrons. The lowest BCUT2D eigenvalue weighted by Gasteiger charge is -2.52. The van der Waals surface area contributed by atoms with Crippen LogP contribution in [-0.4, -0.2) is 61.5 Å². The summed E-state index contributed by atoms with van der Waals surface area (Å²) < 4.78 is 17.8. The number of pyridine rings is 1. The normalized spacial score (nSPS) is 32.2. The topological polar surface area (TPSA) is 43.8 Å². The Morgan fingerprint density at radius 1 is 1.21 bits per heavy atom. The van der Waals surface area contributed by atoms with E-state index in [4.69, 9.17) is 14.2 Å². The van der Waals surface area contributed by atoms with Crippen LogP contribution in [0.15, 0.2) is 24.4 Å². The minimum absolute atomic E-state index is 0.103. The van der Waals surface area contributed by atoms with E-state index in [2.05, 4.69) is 9.88 Å². The van der Waals surface area contributed by atoms with Crippen molar-refractivity contribution in [1.29, 1.82) is 0 Å². The molecule has 3 aliphatic heterocycles. The summed E-state index contributed by atoms with van der Waals surface area (Å²) in [5.41, 5.74) is 0.103. The molecule has 0 saturated carbocycles. The maximum atomic E-state index is 6.16. The standard InChI is InChI=1S/C19H28N2O3/c1-2-9-20-18(4-1)24-15-19-8-3-11-23-17(19)5-10-21(14-19)16-6-12-22-13-7-16/h1-2,4,9,16-17H,3,5-8,10-15H2/t17-,19-/m0/s1. The quantitative estimate of drug-likeness (QED) is 0.848. The molecular weight excluding hydrogens is 304 g/mol. The zero-order chi connectivity index (χ0) is 16.2. The summed E-state index contributed by atoms with van der Waals surface area (Å²) in [6.07, 6.45) is 7.85. The van der Waals surface area contributed by atoms with Gasteiger partial charge in [0, 0.05) is 56.6 Å². The van der Waals surface area contributed by atoms with E-state index in [-0.39, 0.29) is 5.41 Å². The molecule has 0 N–H and O–H groups in total. The summed E-state index contributed by atoms with van der Waals surface area (Å²) in [5, 5.41) is 0. The van der Waals surface area contributed by atoms with Crippen LogP contribution >= 0.6 is 0 Å². The van der Waals surface area contributed by atoms with Crippen molar-refractivity contribution in [2.45, 2.75) is 44.2 Å². The van der Waals surface area contributed by atoms with Crippen molar-refractivity contribution in [2.75, 3.05) is 39.5 Å². The molecule has 2 atom stereocenters. The van der Waals surface area contributed by atoms with E-state index in [0.717, 1.165) is 64.5 Å². The molecule has 1 aromatic rings. The number of nitrogens with zero attached hydrogens (tertiary/aromatic N) is 2. The Hall–Kier alpha value is -1.17. The van der Waals surface area contributed by atoms with Crippen LogP contribution in [0.25, 0.3) is 0 Å². The number of ether oxygens (including phenoxy) is 3. The number of fused-ring (bicyclic) bond motifs is 1. The summed E-state index contributed by atoms with van der Waals surface area (Å²) in [5.74, 6) is 0.722. The number of hydrogen-bond donors (Lipinski definition) is 0. The average molecular weight is 332 g/mol. The van der Waals surface area contributed by atoms with Gasteiger partial charge in [-0.05, 0) is 38.2 Å². The first-order valence-electron chi connectivity index (χ1n) is 9.33. The highest BCUT2D eigenvalue weighted by molar-refractivity contribution is 5.10. The average Bonchev–Trinajstić information content (AvgIpc) is 2.67. The number of aromatic nitrogens is 1. The molecule has 3 aliphatic rings. The van der Waals surface area contributed by atoms with Crippen LogP contribution in [0, 0.1) is 5.41 Å².